The number of ether oxygens (including phenoxy) is 2. The van der Waals surface area contributed by atoms with Crippen LogP contribution in [0.15, 0.2) is 36.4 Å². The van der Waals surface area contributed by atoms with Crippen LogP contribution in [0.1, 0.15) is 30.9 Å². The minimum absolute atomic E-state index is 0.0676. The number of aryl methyl sites for hydroxylation is 1. The molecule has 1 aliphatic rings. The molecule has 6 heteroatoms. The van der Waals surface area contributed by atoms with E-state index < -0.39 is 0 Å². The highest BCUT2D eigenvalue weighted by atomic mass is 35.5. The molecular formula is C22H24ClNO4. The summed E-state index contributed by atoms with van der Waals surface area (Å²) in [6.45, 7) is 2.13. The van der Waals surface area contributed by atoms with Gasteiger partial charge in [-0.2, -0.15) is 0 Å². The first-order valence-corrected chi connectivity index (χ1v) is 9.74. The smallest absolute Gasteiger partial charge is 0.265 e. The Kier molecular flexibility index (Phi) is 6.57. The molecule has 0 N–H and O–H groups in total. The maximum absolute atomic E-state index is 12.8. The van der Waals surface area contributed by atoms with Crippen LogP contribution < -0.4 is 14.4 Å². The molecule has 0 saturated carbocycles. The number of carbonyl (C=O) groups is 2. The molecule has 0 aromatic heterocycles. The Bertz CT molecular complexity index is 864. The van der Waals surface area contributed by atoms with Gasteiger partial charge in [-0.25, -0.2) is 0 Å². The van der Waals surface area contributed by atoms with E-state index in [-0.39, 0.29) is 18.3 Å². The number of hydrogen-bond donors (Lipinski definition) is 0. The summed E-state index contributed by atoms with van der Waals surface area (Å²) in [7, 11) is 1.59. The van der Waals surface area contributed by atoms with Crippen LogP contribution in [-0.2, 0) is 22.4 Å². The third kappa shape index (κ3) is 4.65. The minimum atomic E-state index is -0.137. The van der Waals surface area contributed by atoms with Crippen LogP contribution in [0.5, 0.6) is 11.5 Å². The lowest BCUT2D eigenvalue weighted by atomic mass is 10.0. The maximum Gasteiger partial charge on any atom is 0.265 e. The van der Waals surface area contributed by atoms with Crippen molar-refractivity contribution in [1.29, 1.82) is 0 Å². The fraction of sp³-hybridized carbons (Fsp3) is 0.364. The summed E-state index contributed by atoms with van der Waals surface area (Å²) in [5.41, 5.74) is 2.75. The average Bonchev–Trinajstić information content (AvgIpc) is 2.71. The number of hydrogen-bond acceptors (Lipinski definition) is 4. The van der Waals surface area contributed by atoms with Crippen LogP contribution in [-0.4, -0.2) is 32.0 Å². The first kappa shape index (κ1) is 20.2. The van der Waals surface area contributed by atoms with Crippen LogP contribution in [0.4, 0.5) is 5.69 Å². The quantitative estimate of drug-likeness (QED) is 0.696. The molecule has 2 aromatic rings. The molecule has 0 spiro atoms. The SMILES string of the molecule is COc1ccc(Cl)c2c1N(C(=O)COc1ccc(CCC(C)=O)cc1)CCC2. The number of anilines is 1. The van der Waals surface area contributed by atoms with Crippen LogP contribution in [0.3, 0.4) is 0 Å². The van der Waals surface area contributed by atoms with E-state index in [1.54, 1.807) is 31.1 Å². The van der Waals surface area contributed by atoms with Gasteiger partial charge in [0, 0.05) is 18.0 Å². The van der Waals surface area contributed by atoms with Crippen molar-refractivity contribution in [1.82, 2.24) is 0 Å². The van der Waals surface area contributed by atoms with Crippen molar-refractivity contribution in [2.75, 3.05) is 25.2 Å². The number of ketones is 1. The molecule has 2 aromatic carbocycles. The van der Waals surface area contributed by atoms with Crippen LogP contribution in [0, 0.1) is 0 Å². The highest BCUT2D eigenvalue weighted by Crippen LogP contribution is 2.40. The Morgan fingerprint density at radius 3 is 2.57 bits per heavy atom. The van der Waals surface area contributed by atoms with E-state index in [2.05, 4.69) is 0 Å². The number of nitrogens with zero attached hydrogens (tertiary/aromatic N) is 1. The molecular weight excluding hydrogens is 378 g/mol. The van der Waals surface area contributed by atoms with Gasteiger partial charge in [-0.1, -0.05) is 23.7 Å². The van der Waals surface area contributed by atoms with Crippen LogP contribution >= 0.6 is 11.6 Å². The number of amides is 1. The summed E-state index contributed by atoms with van der Waals surface area (Å²) in [6.07, 6.45) is 2.89. The Balaban J connectivity index is 1.67. The number of Topliss-reactive ketones (excluding diaryl/α,β-unsaturated/α-hetero) is 1. The lowest BCUT2D eigenvalue weighted by Gasteiger charge is -2.31. The summed E-state index contributed by atoms with van der Waals surface area (Å²) in [5, 5.41) is 0.648. The summed E-state index contributed by atoms with van der Waals surface area (Å²) >= 11 is 6.33. The second-order valence-corrected chi connectivity index (χ2v) is 7.27. The van der Waals surface area contributed by atoms with Crippen molar-refractivity contribution in [2.24, 2.45) is 0 Å². The zero-order chi connectivity index (χ0) is 20.1. The average molecular weight is 402 g/mol. The maximum atomic E-state index is 12.8. The van der Waals surface area contributed by atoms with Crippen molar-refractivity contribution < 1.29 is 19.1 Å². The first-order valence-electron chi connectivity index (χ1n) is 9.36. The molecule has 0 fully saturated rings. The van der Waals surface area contributed by atoms with E-state index >= 15 is 0 Å². The van der Waals surface area contributed by atoms with E-state index in [0.29, 0.717) is 35.9 Å². The second kappa shape index (κ2) is 9.11. The number of benzene rings is 2. The minimum Gasteiger partial charge on any atom is -0.495 e. The standard InChI is InChI=1S/C22H24ClNO4/c1-15(25)5-6-16-7-9-17(10-8-16)28-14-21(26)24-13-3-4-18-19(23)11-12-20(27-2)22(18)24/h7-12H,3-6,13-14H2,1-2H3. The van der Waals surface area contributed by atoms with Gasteiger partial charge in [-0.15, -0.1) is 0 Å². The summed E-state index contributed by atoms with van der Waals surface area (Å²) in [6, 6.07) is 11.1. The Morgan fingerprint density at radius 1 is 1.14 bits per heavy atom. The molecule has 148 valence electrons. The first-order chi connectivity index (χ1) is 13.5. The van der Waals surface area contributed by atoms with Gasteiger partial charge in [0.25, 0.3) is 5.91 Å². The van der Waals surface area contributed by atoms with E-state index in [1.165, 1.54) is 0 Å². The van der Waals surface area contributed by atoms with Crippen molar-refractivity contribution in [2.45, 2.75) is 32.6 Å². The molecule has 28 heavy (non-hydrogen) atoms. The third-order valence-electron chi connectivity index (χ3n) is 4.84. The lowest BCUT2D eigenvalue weighted by Crippen LogP contribution is -2.39. The Hall–Kier alpha value is -2.53. The largest absolute Gasteiger partial charge is 0.495 e. The number of carbonyl (C=O) groups excluding carboxylic acids is 2. The lowest BCUT2D eigenvalue weighted by molar-refractivity contribution is -0.120. The molecule has 0 aliphatic carbocycles. The van der Waals surface area contributed by atoms with Crippen molar-refractivity contribution >= 4 is 29.0 Å². The van der Waals surface area contributed by atoms with Gasteiger partial charge >= 0.3 is 0 Å². The predicted octanol–water partition coefficient (Wildman–Crippen LogP) is 4.23. The Labute approximate surface area is 170 Å². The summed E-state index contributed by atoms with van der Waals surface area (Å²) < 4.78 is 11.1. The number of rotatable bonds is 7. The highest BCUT2D eigenvalue weighted by Gasteiger charge is 2.27. The van der Waals surface area contributed by atoms with E-state index in [1.807, 2.05) is 24.3 Å². The van der Waals surface area contributed by atoms with Crippen molar-refractivity contribution in [3.05, 3.63) is 52.5 Å². The van der Waals surface area contributed by atoms with E-state index in [0.717, 1.165) is 29.7 Å². The molecule has 1 aliphatic heterocycles. The molecule has 5 nitrogen and oxygen atoms in total. The Morgan fingerprint density at radius 2 is 1.89 bits per heavy atom. The molecule has 0 radical (unpaired) electrons. The second-order valence-electron chi connectivity index (χ2n) is 6.86. The van der Waals surface area contributed by atoms with Gasteiger partial charge in [0.1, 0.15) is 17.3 Å². The zero-order valence-corrected chi connectivity index (χ0v) is 16.9. The van der Waals surface area contributed by atoms with Gasteiger partial charge in [0.15, 0.2) is 6.61 Å². The van der Waals surface area contributed by atoms with Crippen LogP contribution in [0.25, 0.3) is 0 Å². The fourth-order valence-electron chi connectivity index (χ4n) is 3.36. The van der Waals surface area contributed by atoms with Gasteiger partial charge < -0.3 is 19.2 Å². The van der Waals surface area contributed by atoms with Crippen molar-refractivity contribution in [3.63, 3.8) is 0 Å². The van der Waals surface area contributed by atoms with Crippen molar-refractivity contribution in [3.8, 4) is 11.5 Å². The number of methoxy groups -OCH3 is 1. The molecule has 3 rings (SSSR count). The van der Waals surface area contributed by atoms with Gasteiger partial charge in [0.05, 0.1) is 12.8 Å². The monoisotopic (exact) mass is 401 g/mol. The molecule has 0 bridgehead atoms. The predicted molar refractivity (Wildman–Crippen MR) is 110 cm³/mol. The molecule has 0 unspecified atom stereocenters. The van der Waals surface area contributed by atoms with Gasteiger partial charge in [0.2, 0.25) is 0 Å². The number of fused-ring (bicyclic) bond motifs is 1. The third-order valence-corrected chi connectivity index (χ3v) is 5.19. The summed E-state index contributed by atoms with van der Waals surface area (Å²) in [4.78, 5) is 25.6. The van der Waals surface area contributed by atoms with E-state index in [4.69, 9.17) is 21.1 Å². The summed E-state index contributed by atoms with van der Waals surface area (Å²) in [5.74, 6) is 1.29. The number of halogens is 1. The van der Waals surface area contributed by atoms with E-state index in [9.17, 15) is 9.59 Å². The molecule has 0 saturated heterocycles. The highest BCUT2D eigenvalue weighted by molar-refractivity contribution is 6.32. The van der Waals surface area contributed by atoms with Gasteiger partial charge in [-0.3, -0.25) is 4.79 Å². The molecule has 0 atom stereocenters. The molecule has 1 heterocycles. The van der Waals surface area contributed by atoms with Crippen LogP contribution in [0.2, 0.25) is 5.02 Å². The molecule has 1 amide bonds. The van der Waals surface area contributed by atoms with Gasteiger partial charge in [-0.05, 0) is 61.6 Å². The topological polar surface area (TPSA) is 55.8 Å². The fourth-order valence-corrected chi connectivity index (χ4v) is 3.61. The normalized spacial score (nSPS) is 13.0. The zero-order valence-electron chi connectivity index (χ0n) is 16.2.